The number of quaternary nitrogens is 1. The van der Waals surface area contributed by atoms with Crippen LogP contribution in [0.5, 0.6) is 0 Å². The topological polar surface area (TPSA) is 71.9 Å². The van der Waals surface area contributed by atoms with Gasteiger partial charge in [0.05, 0.1) is 18.8 Å². The molecule has 6 nitrogen and oxygen atoms in total. The van der Waals surface area contributed by atoms with Crippen LogP contribution in [0.25, 0.3) is 0 Å². The van der Waals surface area contributed by atoms with Crippen molar-refractivity contribution in [2.75, 3.05) is 43.5 Å². The summed E-state index contributed by atoms with van der Waals surface area (Å²) in [4.78, 5) is 28.8. The standard InChI is InChI=1S/C26H35N3O3S/c1-17-6-5-7-19(14-17)27-24(31)23-20-9-8-18(26(2,3)4)15-21(20)33-25(23)28-22(30)16-29-10-12-32-13-11-29/h5-7,14,18H,8-13,15-16H2,1-4H3,(H,27,31)(H,28,30)/p+1/t18-/m0/s1. The Balaban J connectivity index is 1.59. The van der Waals surface area contributed by atoms with Crippen LogP contribution in [0.1, 0.15) is 53.6 Å². The zero-order valence-electron chi connectivity index (χ0n) is 20.2. The molecule has 2 aliphatic rings. The molecule has 0 bridgehead atoms. The first-order valence-corrected chi connectivity index (χ1v) is 12.8. The highest BCUT2D eigenvalue weighted by Gasteiger charge is 2.34. The summed E-state index contributed by atoms with van der Waals surface area (Å²) in [5.74, 6) is 0.390. The van der Waals surface area contributed by atoms with Gasteiger partial charge in [0.1, 0.15) is 18.1 Å². The van der Waals surface area contributed by atoms with E-state index in [2.05, 4.69) is 31.4 Å². The second-order valence-electron chi connectivity index (χ2n) is 10.4. The summed E-state index contributed by atoms with van der Waals surface area (Å²) in [5, 5.41) is 6.86. The van der Waals surface area contributed by atoms with Gasteiger partial charge < -0.3 is 20.3 Å². The van der Waals surface area contributed by atoms with Crippen LogP contribution in [0.3, 0.4) is 0 Å². The maximum atomic E-state index is 13.5. The second-order valence-corrected chi connectivity index (χ2v) is 11.5. The predicted molar refractivity (Wildman–Crippen MR) is 133 cm³/mol. The monoisotopic (exact) mass is 470 g/mol. The average Bonchev–Trinajstić information content (AvgIpc) is 3.10. The third-order valence-corrected chi connectivity index (χ3v) is 8.03. The number of aryl methyl sites for hydroxylation is 1. The van der Waals surface area contributed by atoms with Crippen LogP contribution in [-0.4, -0.2) is 44.7 Å². The first kappa shape index (κ1) is 23.9. The Morgan fingerprint density at radius 3 is 2.64 bits per heavy atom. The zero-order valence-corrected chi connectivity index (χ0v) is 21.0. The number of anilines is 2. The van der Waals surface area contributed by atoms with E-state index in [4.69, 9.17) is 4.74 Å². The number of rotatable bonds is 5. The molecule has 7 heteroatoms. The average molecular weight is 471 g/mol. The third kappa shape index (κ3) is 5.83. The van der Waals surface area contributed by atoms with Gasteiger partial charge in [-0.2, -0.15) is 0 Å². The molecule has 1 saturated heterocycles. The van der Waals surface area contributed by atoms with Gasteiger partial charge in [0.15, 0.2) is 6.54 Å². The van der Waals surface area contributed by atoms with E-state index in [-0.39, 0.29) is 17.2 Å². The molecule has 0 saturated carbocycles. The van der Waals surface area contributed by atoms with E-state index in [0.717, 1.165) is 49.2 Å². The van der Waals surface area contributed by atoms with E-state index in [1.807, 2.05) is 31.2 Å². The second kappa shape index (κ2) is 9.95. The molecule has 33 heavy (non-hydrogen) atoms. The van der Waals surface area contributed by atoms with Crippen molar-refractivity contribution in [3.8, 4) is 0 Å². The Kier molecular flexibility index (Phi) is 7.22. The molecule has 1 aromatic carbocycles. The largest absolute Gasteiger partial charge is 0.370 e. The highest BCUT2D eigenvalue weighted by atomic mass is 32.1. The van der Waals surface area contributed by atoms with E-state index in [1.54, 1.807) is 11.3 Å². The molecule has 1 aromatic heterocycles. The van der Waals surface area contributed by atoms with Gasteiger partial charge in [-0.3, -0.25) is 9.59 Å². The van der Waals surface area contributed by atoms with E-state index in [0.29, 0.717) is 36.2 Å². The van der Waals surface area contributed by atoms with Gasteiger partial charge in [-0.25, -0.2) is 0 Å². The molecule has 4 rings (SSSR count). The summed E-state index contributed by atoms with van der Waals surface area (Å²) < 4.78 is 5.40. The highest BCUT2D eigenvalue weighted by Crippen LogP contribution is 2.44. The van der Waals surface area contributed by atoms with Crippen LogP contribution in [0.2, 0.25) is 0 Å². The minimum absolute atomic E-state index is 0.0394. The smallest absolute Gasteiger partial charge is 0.280 e. The maximum Gasteiger partial charge on any atom is 0.280 e. The zero-order chi connectivity index (χ0) is 23.6. The molecule has 2 heterocycles. The van der Waals surface area contributed by atoms with Gasteiger partial charge in [-0.05, 0) is 60.8 Å². The van der Waals surface area contributed by atoms with Crippen LogP contribution in [0.4, 0.5) is 10.7 Å². The van der Waals surface area contributed by atoms with E-state index >= 15 is 0 Å². The van der Waals surface area contributed by atoms with Crippen molar-refractivity contribution < 1.29 is 19.2 Å². The fourth-order valence-corrected chi connectivity index (χ4v) is 6.15. The molecule has 2 aromatic rings. The van der Waals surface area contributed by atoms with Crippen LogP contribution >= 0.6 is 11.3 Å². The van der Waals surface area contributed by atoms with Crippen molar-refractivity contribution in [3.05, 3.63) is 45.8 Å². The number of carbonyl (C=O) groups excluding carboxylic acids is 2. The number of benzene rings is 1. The number of morpholine rings is 1. The van der Waals surface area contributed by atoms with E-state index in [1.165, 1.54) is 9.78 Å². The molecule has 0 radical (unpaired) electrons. The van der Waals surface area contributed by atoms with Gasteiger partial charge in [-0.1, -0.05) is 32.9 Å². The van der Waals surface area contributed by atoms with Crippen molar-refractivity contribution in [3.63, 3.8) is 0 Å². The Morgan fingerprint density at radius 1 is 1.18 bits per heavy atom. The number of nitrogens with one attached hydrogen (secondary N) is 3. The highest BCUT2D eigenvalue weighted by molar-refractivity contribution is 7.17. The lowest BCUT2D eigenvalue weighted by Gasteiger charge is -2.33. The minimum Gasteiger partial charge on any atom is -0.370 e. The molecule has 2 amide bonds. The summed E-state index contributed by atoms with van der Waals surface area (Å²) in [7, 11) is 0. The van der Waals surface area contributed by atoms with Crippen molar-refractivity contribution >= 4 is 33.8 Å². The van der Waals surface area contributed by atoms with Crippen LogP contribution in [-0.2, 0) is 22.4 Å². The fourth-order valence-electron chi connectivity index (χ4n) is 4.80. The molecule has 3 N–H and O–H groups in total. The molecule has 1 atom stereocenters. The molecule has 1 aliphatic heterocycles. The lowest BCUT2D eigenvalue weighted by atomic mass is 9.72. The van der Waals surface area contributed by atoms with Crippen LogP contribution in [0, 0.1) is 18.3 Å². The van der Waals surface area contributed by atoms with Crippen molar-refractivity contribution in [1.82, 2.24) is 0 Å². The number of ether oxygens (including phenoxy) is 1. The Labute approximate surface area is 200 Å². The first-order chi connectivity index (χ1) is 15.7. The molecule has 0 spiro atoms. The molecule has 1 fully saturated rings. The molecule has 178 valence electrons. The summed E-state index contributed by atoms with van der Waals surface area (Å²) in [6, 6.07) is 7.82. The molecule has 1 aliphatic carbocycles. The molecular weight excluding hydrogens is 434 g/mol. The number of hydrogen-bond donors (Lipinski definition) is 3. The molecular formula is C26H36N3O3S+. The minimum atomic E-state index is -0.138. The normalized spacial score (nSPS) is 19.1. The van der Waals surface area contributed by atoms with Crippen molar-refractivity contribution in [2.45, 2.75) is 47.0 Å². The summed E-state index contributed by atoms with van der Waals surface area (Å²) in [6.07, 6.45) is 2.89. The quantitative estimate of drug-likeness (QED) is 0.628. The van der Waals surface area contributed by atoms with Gasteiger partial charge in [-0.15, -0.1) is 11.3 Å². The van der Waals surface area contributed by atoms with Gasteiger partial charge in [0.2, 0.25) is 0 Å². The Bertz CT molecular complexity index is 1020. The number of carbonyl (C=O) groups is 2. The van der Waals surface area contributed by atoms with Gasteiger partial charge in [0, 0.05) is 10.6 Å². The Morgan fingerprint density at radius 2 is 1.94 bits per heavy atom. The van der Waals surface area contributed by atoms with E-state index in [9.17, 15) is 9.59 Å². The molecule has 0 unspecified atom stereocenters. The first-order valence-electron chi connectivity index (χ1n) is 11.9. The number of fused-ring (bicyclic) bond motifs is 1. The van der Waals surface area contributed by atoms with Crippen LogP contribution < -0.4 is 15.5 Å². The fraction of sp³-hybridized carbons (Fsp3) is 0.538. The summed E-state index contributed by atoms with van der Waals surface area (Å²) in [5.41, 5.74) is 3.84. The summed E-state index contributed by atoms with van der Waals surface area (Å²) >= 11 is 1.59. The summed E-state index contributed by atoms with van der Waals surface area (Å²) in [6.45, 7) is 12.3. The number of amides is 2. The predicted octanol–water partition coefficient (Wildman–Crippen LogP) is 3.31. The van der Waals surface area contributed by atoms with E-state index < -0.39 is 0 Å². The van der Waals surface area contributed by atoms with Crippen LogP contribution in [0.15, 0.2) is 24.3 Å². The SMILES string of the molecule is Cc1cccc(NC(=O)c2c(NC(=O)C[NH+]3CCOCC3)sc3c2CC[C@H](C(C)(C)C)C3)c1. The lowest BCUT2D eigenvalue weighted by Crippen LogP contribution is -3.15. The number of thiophene rings is 1. The number of hydrogen-bond acceptors (Lipinski definition) is 4. The van der Waals surface area contributed by atoms with Crippen molar-refractivity contribution in [1.29, 1.82) is 0 Å². The van der Waals surface area contributed by atoms with Gasteiger partial charge >= 0.3 is 0 Å². The lowest BCUT2D eigenvalue weighted by molar-refractivity contribution is -0.899. The van der Waals surface area contributed by atoms with Crippen molar-refractivity contribution in [2.24, 2.45) is 11.3 Å². The Hall–Kier alpha value is -2.22. The maximum absolute atomic E-state index is 13.5. The third-order valence-electron chi connectivity index (χ3n) is 6.86. The van der Waals surface area contributed by atoms with Gasteiger partial charge in [0.25, 0.3) is 11.8 Å².